The number of carbonyl (C=O) groups is 1. The molecule has 1 N–H and O–H groups in total. The molecule has 2 saturated heterocycles. The first kappa shape index (κ1) is 15.4. The van der Waals surface area contributed by atoms with Crippen LogP contribution in [0.2, 0.25) is 0 Å². The number of hydrogen-bond acceptors (Lipinski definition) is 6. The SMILES string of the molecule is CCCC(=O)N1CCCC1c1nc(C2CNCCN2C)no1. The summed E-state index contributed by atoms with van der Waals surface area (Å²) in [6, 6.07) is 0.106. The number of piperazine rings is 1. The van der Waals surface area contributed by atoms with Gasteiger partial charge in [-0.25, -0.2) is 0 Å². The molecule has 3 heterocycles. The monoisotopic (exact) mass is 307 g/mol. The number of hydrogen-bond donors (Lipinski definition) is 1. The predicted octanol–water partition coefficient (Wildman–Crippen LogP) is 1.11. The Morgan fingerprint density at radius 1 is 1.41 bits per heavy atom. The van der Waals surface area contributed by atoms with Crippen molar-refractivity contribution in [1.82, 2.24) is 25.3 Å². The summed E-state index contributed by atoms with van der Waals surface area (Å²) in [5.74, 6) is 1.51. The van der Waals surface area contributed by atoms with Crippen LogP contribution in [0.5, 0.6) is 0 Å². The van der Waals surface area contributed by atoms with Crippen LogP contribution < -0.4 is 5.32 Å². The molecule has 7 nitrogen and oxygen atoms in total. The van der Waals surface area contributed by atoms with E-state index in [2.05, 4.69) is 27.4 Å². The maximum atomic E-state index is 12.2. The molecule has 0 saturated carbocycles. The largest absolute Gasteiger partial charge is 0.337 e. The van der Waals surface area contributed by atoms with Crippen molar-refractivity contribution in [3.05, 3.63) is 11.7 Å². The van der Waals surface area contributed by atoms with Gasteiger partial charge in [0, 0.05) is 32.6 Å². The highest BCUT2D eigenvalue weighted by Gasteiger charge is 2.34. The Morgan fingerprint density at radius 3 is 3.05 bits per heavy atom. The first-order chi connectivity index (χ1) is 10.7. The van der Waals surface area contributed by atoms with E-state index in [1.54, 1.807) is 0 Å². The molecule has 1 aromatic heterocycles. The summed E-state index contributed by atoms with van der Waals surface area (Å²) in [5, 5.41) is 7.53. The van der Waals surface area contributed by atoms with Crippen molar-refractivity contribution >= 4 is 5.91 Å². The van der Waals surface area contributed by atoms with E-state index in [0.29, 0.717) is 12.3 Å². The number of rotatable bonds is 4. The number of nitrogens with one attached hydrogen (secondary N) is 1. The van der Waals surface area contributed by atoms with Crippen molar-refractivity contribution in [1.29, 1.82) is 0 Å². The van der Waals surface area contributed by atoms with Crippen molar-refractivity contribution in [2.24, 2.45) is 0 Å². The van der Waals surface area contributed by atoms with Gasteiger partial charge in [0.2, 0.25) is 11.8 Å². The van der Waals surface area contributed by atoms with Crippen LogP contribution in [-0.4, -0.2) is 59.1 Å². The zero-order valence-corrected chi connectivity index (χ0v) is 13.4. The summed E-state index contributed by atoms with van der Waals surface area (Å²) in [4.78, 5) is 21.0. The number of likely N-dealkylation sites (N-methyl/N-ethyl adjacent to an activating group) is 1. The van der Waals surface area contributed by atoms with Gasteiger partial charge in [0.1, 0.15) is 6.04 Å². The molecule has 2 aliphatic rings. The van der Waals surface area contributed by atoms with E-state index in [4.69, 9.17) is 4.52 Å². The van der Waals surface area contributed by atoms with Gasteiger partial charge in [0.05, 0.1) is 6.04 Å². The molecule has 0 radical (unpaired) electrons. The molecule has 0 spiro atoms. The van der Waals surface area contributed by atoms with Crippen LogP contribution in [0.15, 0.2) is 4.52 Å². The molecule has 1 aromatic rings. The van der Waals surface area contributed by atoms with Crippen LogP contribution in [0.4, 0.5) is 0 Å². The van der Waals surface area contributed by atoms with E-state index < -0.39 is 0 Å². The lowest BCUT2D eigenvalue weighted by Crippen LogP contribution is -2.44. The van der Waals surface area contributed by atoms with Gasteiger partial charge in [-0.05, 0) is 26.3 Å². The molecule has 0 aromatic carbocycles. The zero-order valence-electron chi connectivity index (χ0n) is 13.4. The third-order valence-electron chi connectivity index (χ3n) is 4.59. The summed E-state index contributed by atoms with van der Waals surface area (Å²) in [7, 11) is 2.08. The average molecular weight is 307 g/mol. The van der Waals surface area contributed by atoms with Gasteiger partial charge in [-0.2, -0.15) is 4.98 Å². The smallest absolute Gasteiger partial charge is 0.249 e. The van der Waals surface area contributed by atoms with E-state index in [0.717, 1.165) is 51.3 Å². The topological polar surface area (TPSA) is 74.5 Å². The second-order valence-electron chi connectivity index (χ2n) is 6.19. The summed E-state index contributed by atoms with van der Waals surface area (Å²) in [6.45, 7) is 5.61. The first-order valence-corrected chi connectivity index (χ1v) is 8.24. The molecule has 2 aliphatic heterocycles. The zero-order chi connectivity index (χ0) is 15.5. The van der Waals surface area contributed by atoms with Gasteiger partial charge >= 0.3 is 0 Å². The minimum atomic E-state index is -0.0397. The lowest BCUT2D eigenvalue weighted by molar-refractivity contribution is -0.132. The van der Waals surface area contributed by atoms with E-state index in [1.165, 1.54) is 0 Å². The molecule has 122 valence electrons. The molecular weight excluding hydrogens is 282 g/mol. The lowest BCUT2D eigenvalue weighted by atomic mass is 10.2. The summed E-state index contributed by atoms with van der Waals surface area (Å²) < 4.78 is 5.50. The molecule has 2 unspecified atom stereocenters. The Morgan fingerprint density at radius 2 is 2.27 bits per heavy atom. The Balaban J connectivity index is 1.73. The molecular formula is C15H25N5O2. The van der Waals surface area contributed by atoms with Gasteiger partial charge < -0.3 is 14.7 Å². The van der Waals surface area contributed by atoms with Crippen molar-refractivity contribution in [2.45, 2.75) is 44.7 Å². The van der Waals surface area contributed by atoms with Crippen molar-refractivity contribution < 1.29 is 9.32 Å². The van der Waals surface area contributed by atoms with Crippen LogP contribution in [0.1, 0.15) is 56.4 Å². The first-order valence-electron chi connectivity index (χ1n) is 8.24. The summed E-state index contributed by atoms with van der Waals surface area (Å²) in [6.07, 6.45) is 3.38. The van der Waals surface area contributed by atoms with Gasteiger partial charge in [0.15, 0.2) is 5.82 Å². The highest BCUT2D eigenvalue weighted by molar-refractivity contribution is 5.76. The summed E-state index contributed by atoms with van der Waals surface area (Å²) >= 11 is 0. The number of carbonyl (C=O) groups excluding carboxylic acids is 1. The Labute approximate surface area is 131 Å². The Bertz CT molecular complexity index is 518. The maximum Gasteiger partial charge on any atom is 0.249 e. The van der Waals surface area contributed by atoms with Crippen molar-refractivity contribution in [3.63, 3.8) is 0 Å². The van der Waals surface area contributed by atoms with Gasteiger partial charge in [-0.15, -0.1) is 0 Å². The second kappa shape index (κ2) is 6.75. The number of amides is 1. The fourth-order valence-corrected chi connectivity index (χ4v) is 3.29. The summed E-state index contributed by atoms with van der Waals surface area (Å²) in [5.41, 5.74) is 0. The predicted molar refractivity (Wildman–Crippen MR) is 81.1 cm³/mol. The van der Waals surface area contributed by atoms with Crippen LogP contribution in [0.3, 0.4) is 0 Å². The average Bonchev–Trinajstić information content (AvgIpc) is 3.17. The van der Waals surface area contributed by atoms with E-state index in [1.807, 2.05) is 11.8 Å². The fourth-order valence-electron chi connectivity index (χ4n) is 3.29. The fraction of sp³-hybridized carbons (Fsp3) is 0.800. The quantitative estimate of drug-likeness (QED) is 0.898. The van der Waals surface area contributed by atoms with Gasteiger partial charge in [-0.3, -0.25) is 9.69 Å². The van der Waals surface area contributed by atoms with Crippen molar-refractivity contribution in [3.8, 4) is 0 Å². The van der Waals surface area contributed by atoms with Crippen LogP contribution in [0, 0.1) is 0 Å². The molecule has 0 bridgehead atoms. The van der Waals surface area contributed by atoms with E-state index >= 15 is 0 Å². The van der Waals surface area contributed by atoms with Gasteiger partial charge in [-0.1, -0.05) is 12.1 Å². The van der Waals surface area contributed by atoms with Crippen molar-refractivity contribution in [2.75, 3.05) is 33.2 Å². The molecule has 0 aliphatic carbocycles. The number of aromatic nitrogens is 2. The molecule has 7 heteroatoms. The third-order valence-corrected chi connectivity index (χ3v) is 4.59. The van der Waals surface area contributed by atoms with Gasteiger partial charge in [0.25, 0.3) is 0 Å². The normalized spacial score (nSPS) is 26.5. The van der Waals surface area contributed by atoms with Crippen LogP contribution >= 0.6 is 0 Å². The van der Waals surface area contributed by atoms with Crippen LogP contribution in [-0.2, 0) is 4.79 Å². The Kier molecular flexibility index (Phi) is 4.73. The standard InChI is InChI=1S/C15H25N5O2/c1-3-5-13(21)20-8-4-6-11(20)15-17-14(18-22-15)12-10-16-7-9-19(12)2/h11-12,16H,3-10H2,1-2H3. The lowest BCUT2D eigenvalue weighted by Gasteiger charge is -2.30. The second-order valence-corrected chi connectivity index (χ2v) is 6.19. The number of likely N-dealkylation sites (tertiary alicyclic amines) is 1. The highest BCUT2D eigenvalue weighted by atomic mass is 16.5. The highest BCUT2D eigenvalue weighted by Crippen LogP contribution is 2.32. The minimum absolute atomic E-state index is 0.0397. The van der Waals surface area contributed by atoms with E-state index in [9.17, 15) is 4.79 Å². The molecule has 22 heavy (non-hydrogen) atoms. The molecule has 2 atom stereocenters. The Hall–Kier alpha value is -1.47. The molecule has 2 fully saturated rings. The van der Waals surface area contributed by atoms with Crippen LogP contribution in [0.25, 0.3) is 0 Å². The minimum Gasteiger partial charge on any atom is -0.337 e. The molecule has 1 amide bonds. The maximum absolute atomic E-state index is 12.2. The molecule has 3 rings (SSSR count). The third kappa shape index (κ3) is 3.01. The van der Waals surface area contributed by atoms with E-state index in [-0.39, 0.29) is 18.0 Å². The number of nitrogens with zero attached hydrogens (tertiary/aromatic N) is 4.